The molecule has 0 aliphatic carbocycles. The van der Waals surface area contributed by atoms with E-state index < -0.39 is 0 Å². The Hall–Kier alpha value is -2.37. The molecule has 5 heteroatoms. The molecule has 100 valence electrons. The monoisotopic (exact) mass is 283 g/mol. The summed E-state index contributed by atoms with van der Waals surface area (Å²) in [5.41, 5.74) is 1.56. The van der Waals surface area contributed by atoms with Gasteiger partial charge in [-0.3, -0.25) is 0 Å². The van der Waals surface area contributed by atoms with Gasteiger partial charge in [-0.15, -0.1) is 0 Å². The van der Waals surface area contributed by atoms with Crippen LogP contribution in [0.5, 0.6) is 0 Å². The number of hydrogen-bond donors (Lipinski definition) is 1. The highest BCUT2D eigenvalue weighted by Gasteiger charge is 2.04. The molecule has 4 nitrogen and oxygen atoms in total. The van der Waals surface area contributed by atoms with Crippen LogP contribution in [0, 0.1) is 22.7 Å². The summed E-state index contributed by atoms with van der Waals surface area (Å²) in [6, 6.07) is 13.0. The number of nitrogens with zero attached hydrogens (tertiary/aromatic N) is 2. The minimum Gasteiger partial charge on any atom is -0.463 e. The average molecular weight is 283 g/mol. The van der Waals surface area contributed by atoms with Gasteiger partial charge in [0.25, 0.3) is 0 Å². The number of nitrogens with one attached hydrogen (secondary N) is 1. The minimum absolute atomic E-state index is 0.375. The first kappa shape index (κ1) is 14.0. The number of anilines is 1. The molecule has 1 N–H and O–H groups in total. The number of benzene rings is 1. The molecule has 0 fully saturated rings. The zero-order chi connectivity index (χ0) is 14.4. The second kappa shape index (κ2) is 6.70. The Morgan fingerprint density at radius 1 is 1.10 bits per heavy atom. The van der Waals surface area contributed by atoms with Crippen molar-refractivity contribution < 1.29 is 4.42 Å². The van der Waals surface area contributed by atoms with Crippen LogP contribution in [0.2, 0.25) is 0 Å². The van der Waals surface area contributed by atoms with Crippen molar-refractivity contribution in [2.24, 2.45) is 0 Å². The molecular formula is C15H13N3OS. The van der Waals surface area contributed by atoms with Crippen LogP contribution in [-0.2, 0) is 12.3 Å². The summed E-state index contributed by atoms with van der Waals surface area (Å²) < 4.78 is 5.65. The third-order valence-corrected chi connectivity index (χ3v) is 3.30. The molecule has 2 rings (SSSR count). The molecule has 0 saturated carbocycles. The predicted molar refractivity (Wildman–Crippen MR) is 79.1 cm³/mol. The summed E-state index contributed by atoms with van der Waals surface area (Å²) in [4.78, 5) is 0. The van der Waals surface area contributed by atoms with Crippen molar-refractivity contribution in [3.63, 3.8) is 0 Å². The highest BCUT2D eigenvalue weighted by molar-refractivity contribution is 7.97. The number of nitriles is 2. The molecule has 0 spiro atoms. The quantitative estimate of drug-likeness (QED) is 0.909. The van der Waals surface area contributed by atoms with E-state index in [-0.39, 0.29) is 0 Å². The lowest BCUT2D eigenvalue weighted by Crippen LogP contribution is -1.99. The summed E-state index contributed by atoms with van der Waals surface area (Å²) in [5, 5.41) is 21.0. The zero-order valence-corrected chi connectivity index (χ0v) is 11.8. The fourth-order valence-electron chi connectivity index (χ4n) is 1.77. The van der Waals surface area contributed by atoms with Gasteiger partial charge in [-0.25, -0.2) is 0 Å². The normalized spacial score (nSPS) is 9.75. The van der Waals surface area contributed by atoms with Crippen LogP contribution < -0.4 is 5.32 Å². The van der Waals surface area contributed by atoms with Gasteiger partial charge in [-0.05, 0) is 36.6 Å². The van der Waals surface area contributed by atoms with E-state index >= 15 is 0 Å². The molecule has 0 amide bonds. The fourth-order valence-corrected chi connectivity index (χ4v) is 2.21. The molecule has 1 aromatic heterocycles. The molecule has 0 aliphatic heterocycles. The van der Waals surface area contributed by atoms with Crippen molar-refractivity contribution in [1.29, 1.82) is 10.5 Å². The van der Waals surface area contributed by atoms with E-state index in [1.165, 1.54) is 0 Å². The molecule has 0 radical (unpaired) electrons. The van der Waals surface area contributed by atoms with Crippen molar-refractivity contribution in [2.45, 2.75) is 12.3 Å². The highest BCUT2D eigenvalue weighted by Crippen LogP contribution is 2.17. The summed E-state index contributed by atoms with van der Waals surface area (Å²) >= 11 is 1.71. The number of hydrogen-bond acceptors (Lipinski definition) is 5. The Morgan fingerprint density at radius 2 is 1.85 bits per heavy atom. The number of rotatable bonds is 5. The van der Waals surface area contributed by atoms with Gasteiger partial charge < -0.3 is 9.73 Å². The zero-order valence-electron chi connectivity index (χ0n) is 11.0. The van der Waals surface area contributed by atoms with Crippen LogP contribution in [-0.4, -0.2) is 6.26 Å². The molecular weight excluding hydrogens is 270 g/mol. The lowest BCUT2D eigenvalue weighted by molar-refractivity contribution is 0.487. The maximum atomic E-state index is 8.97. The van der Waals surface area contributed by atoms with Crippen LogP contribution in [0.25, 0.3) is 0 Å². The molecule has 2 aromatic rings. The predicted octanol–water partition coefficient (Wildman–Crippen LogP) is 3.50. The van der Waals surface area contributed by atoms with Crippen LogP contribution in [0.3, 0.4) is 0 Å². The van der Waals surface area contributed by atoms with E-state index in [0.717, 1.165) is 23.0 Å². The maximum Gasteiger partial charge on any atom is 0.123 e. The topological polar surface area (TPSA) is 72.8 Å². The minimum atomic E-state index is 0.375. The second-order valence-electron chi connectivity index (χ2n) is 4.14. The van der Waals surface area contributed by atoms with E-state index in [1.807, 2.05) is 30.5 Å². The lowest BCUT2D eigenvalue weighted by atomic mass is 10.1. The van der Waals surface area contributed by atoms with Gasteiger partial charge in [0.1, 0.15) is 23.7 Å². The van der Waals surface area contributed by atoms with E-state index in [2.05, 4.69) is 5.32 Å². The highest BCUT2D eigenvalue weighted by atomic mass is 32.2. The first-order valence-electron chi connectivity index (χ1n) is 6.01. The first-order valence-corrected chi connectivity index (χ1v) is 7.41. The summed E-state index contributed by atoms with van der Waals surface area (Å²) in [5.74, 6) is 2.65. The van der Waals surface area contributed by atoms with Crippen LogP contribution in [0.15, 0.2) is 34.7 Å². The van der Waals surface area contributed by atoms with Gasteiger partial charge >= 0.3 is 0 Å². The summed E-state index contributed by atoms with van der Waals surface area (Å²) in [6.45, 7) is 0.547. The molecule has 0 saturated heterocycles. The molecule has 1 aromatic carbocycles. The van der Waals surface area contributed by atoms with Crippen molar-refractivity contribution in [3.8, 4) is 12.1 Å². The summed E-state index contributed by atoms with van der Waals surface area (Å²) in [7, 11) is 0. The average Bonchev–Trinajstić information content (AvgIpc) is 2.93. The molecule has 0 bridgehead atoms. The van der Waals surface area contributed by atoms with Crippen LogP contribution in [0.4, 0.5) is 5.69 Å². The summed E-state index contributed by atoms with van der Waals surface area (Å²) in [6.07, 6.45) is 2.03. The van der Waals surface area contributed by atoms with Gasteiger partial charge in [0.15, 0.2) is 0 Å². The standard InChI is InChI=1S/C15H13N3OS/c1-20-10-15-5-4-14(19-15)9-18-13-3-2-11(7-16)12(6-13)8-17/h2-6,18H,9-10H2,1H3. The third kappa shape index (κ3) is 3.34. The molecule has 20 heavy (non-hydrogen) atoms. The Labute approximate surface area is 122 Å². The SMILES string of the molecule is CSCc1ccc(CNc2ccc(C#N)c(C#N)c2)o1. The fraction of sp³-hybridized carbons (Fsp3) is 0.200. The van der Waals surface area contributed by atoms with Gasteiger partial charge in [-0.2, -0.15) is 22.3 Å². The van der Waals surface area contributed by atoms with Gasteiger partial charge in [0.05, 0.1) is 23.4 Å². The van der Waals surface area contributed by atoms with E-state index in [0.29, 0.717) is 17.7 Å². The van der Waals surface area contributed by atoms with Crippen molar-refractivity contribution in [3.05, 3.63) is 53.0 Å². The molecule has 1 heterocycles. The van der Waals surface area contributed by atoms with Crippen molar-refractivity contribution in [1.82, 2.24) is 0 Å². The Kier molecular flexibility index (Phi) is 4.70. The first-order chi connectivity index (χ1) is 9.76. The van der Waals surface area contributed by atoms with Gasteiger partial charge in [0, 0.05) is 5.69 Å². The molecule has 0 atom stereocenters. The largest absolute Gasteiger partial charge is 0.463 e. The van der Waals surface area contributed by atoms with Gasteiger partial charge in [-0.1, -0.05) is 0 Å². The Bertz CT molecular complexity index is 679. The van der Waals surface area contributed by atoms with Gasteiger partial charge in [0.2, 0.25) is 0 Å². The van der Waals surface area contributed by atoms with E-state index in [9.17, 15) is 0 Å². The van der Waals surface area contributed by atoms with E-state index in [1.54, 1.807) is 30.0 Å². The Balaban J connectivity index is 2.03. The van der Waals surface area contributed by atoms with E-state index in [4.69, 9.17) is 14.9 Å². The van der Waals surface area contributed by atoms with Crippen molar-refractivity contribution >= 4 is 17.4 Å². The maximum absolute atomic E-state index is 8.97. The molecule has 0 aliphatic rings. The van der Waals surface area contributed by atoms with Crippen LogP contribution >= 0.6 is 11.8 Å². The van der Waals surface area contributed by atoms with Crippen molar-refractivity contribution in [2.75, 3.05) is 11.6 Å². The molecule has 0 unspecified atom stereocenters. The third-order valence-electron chi connectivity index (χ3n) is 2.73. The second-order valence-corrected chi connectivity index (χ2v) is 5.00. The number of furan rings is 1. The number of thioether (sulfide) groups is 1. The smallest absolute Gasteiger partial charge is 0.123 e. The lowest BCUT2D eigenvalue weighted by Gasteiger charge is -2.05. The van der Waals surface area contributed by atoms with Crippen LogP contribution in [0.1, 0.15) is 22.6 Å². The Morgan fingerprint density at radius 3 is 2.55 bits per heavy atom.